The largest absolute Gasteiger partial charge is 0.444 e. The van der Waals surface area contributed by atoms with E-state index in [0.717, 1.165) is 0 Å². The number of rotatable bonds is 1. The highest BCUT2D eigenvalue weighted by molar-refractivity contribution is 5.69. The molecule has 1 amide bonds. The van der Waals surface area contributed by atoms with Crippen molar-refractivity contribution in [3.8, 4) is 0 Å². The van der Waals surface area contributed by atoms with Crippen molar-refractivity contribution in [2.45, 2.75) is 57.8 Å². The van der Waals surface area contributed by atoms with Crippen LogP contribution < -0.4 is 0 Å². The summed E-state index contributed by atoms with van der Waals surface area (Å²) in [6.07, 6.45) is 1.25. The normalized spacial score (nSPS) is 35.7. The lowest BCUT2D eigenvalue weighted by molar-refractivity contribution is -0.0283. The molecular weight excluding hydrogens is 237 g/mol. The minimum atomic E-state index is -0.563. The molecule has 1 spiro atoms. The van der Waals surface area contributed by atoms with Gasteiger partial charge in [0.1, 0.15) is 12.3 Å². The Balaban J connectivity index is 2.01. The summed E-state index contributed by atoms with van der Waals surface area (Å²) in [6.45, 7) is 5.36. The van der Waals surface area contributed by atoms with Gasteiger partial charge >= 0.3 is 6.09 Å². The van der Waals surface area contributed by atoms with Crippen LogP contribution in [0.4, 0.5) is 9.18 Å². The fourth-order valence-electron chi connectivity index (χ4n) is 3.07. The van der Waals surface area contributed by atoms with Gasteiger partial charge in [-0.15, -0.1) is 0 Å². The van der Waals surface area contributed by atoms with Gasteiger partial charge < -0.3 is 14.7 Å². The van der Waals surface area contributed by atoms with Crippen molar-refractivity contribution in [2.24, 2.45) is 5.41 Å². The van der Waals surface area contributed by atoms with E-state index in [-0.39, 0.29) is 11.5 Å². The van der Waals surface area contributed by atoms with E-state index in [0.29, 0.717) is 25.8 Å². The summed E-state index contributed by atoms with van der Waals surface area (Å²) in [6, 6.07) is -0.396. The highest BCUT2D eigenvalue weighted by atomic mass is 19.1. The lowest BCUT2D eigenvalue weighted by Crippen LogP contribution is -2.45. The van der Waals surface area contributed by atoms with Gasteiger partial charge in [0.15, 0.2) is 0 Å². The average Bonchev–Trinajstić information content (AvgIpc) is 2.54. The standard InChI is InChI=1S/C13H22FNO3/c1-12(2,3)18-11(17)15-8-13(4-9(15)7-14)5-10(16)6-13/h9-10,16H,4-8H2,1-3H3. The minimum Gasteiger partial charge on any atom is -0.444 e. The number of amides is 1. The molecule has 0 aromatic carbocycles. The molecule has 1 N–H and O–H groups in total. The summed E-state index contributed by atoms with van der Waals surface area (Å²) in [5.74, 6) is 0. The van der Waals surface area contributed by atoms with Gasteiger partial charge in [-0.1, -0.05) is 0 Å². The van der Waals surface area contributed by atoms with Gasteiger partial charge in [-0.2, -0.15) is 0 Å². The Morgan fingerprint density at radius 2 is 2.06 bits per heavy atom. The second kappa shape index (κ2) is 4.37. The van der Waals surface area contributed by atoms with Crippen LogP contribution in [0.3, 0.4) is 0 Å². The van der Waals surface area contributed by atoms with E-state index in [1.807, 2.05) is 0 Å². The third-order valence-corrected chi connectivity index (χ3v) is 3.76. The van der Waals surface area contributed by atoms with Crippen LogP contribution in [0.15, 0.2) is 0 Å². The van der Waals surface area contributed by atoms with Crippen LogP contribution in [-0.4, -0.2) is 47.1 Å². The molecule has 1 heterocycles. The van der Waals surface area contributed by atoms with Gasteiger partial charge in [0, 0.05) is 6.54 Å². The number of hydrogen-bond acceptors (Lipinski definition) is 3. The van der Waals surface area contributed by atoms with E-state index in [2.05, 4.69) is 0 Å². The number of nitrogens with zero attached hydrogens (tertiary/aromatic N) is 1. The maximum atomic E-state index is 13.0. The third-order valence-electron chi connectivity index (χ3n) is 3.76. The van der Waals surface area contributed by atoms with Crippen LogP contribution in [0.1, 0.15) is 40.0 Å². The lowest BCUT2D eigenvalue weighted by Gasteiger charge is -2.42. The molecule has 4 nitrogen and oxygen atoms in total. The van der Waals surface area contributed by atoms with E-state index >= 15 is 0 Å². The second-order valence-electron chi connectivity index (χ2n) is 6.68. The van der Waals surface area contributed by atoms with Gasteiger partial charge in [0.25, 0.3) is 0 Å². The van der Waals surface area contributed by atoms with E-state index < -0.39 is 24.4 Å². The summed E-state index contributed by atoms with van der Waals surface area (Å²) >= 11 is 0. The number of halogens is 1. The van der Waals surface area contributed by atoms with Crippen molar-refractivity contribution in [3.63, 3.8) is 0 Å². The first-order chi connectivity index (χ1) is 8.25. The zero-order valence-electron chi connectivity index (χ0n) is 11.3. The topological polar surface area (TPSA) is 49.8 Å². The van der Waals surface area contributed by atoms with Crippen molar-refractivity contribution in [2.75, 3.05) is 13.2 Å². The maximum Gasteiger partial charge on any atom is 0.410 e. The van der Waals surface area contributed by atoms with E-state index in [1.165, 1.54) is 4.90 Å². The fourth-order valence-corrected chi connectivity index (χ4v) is 3.07. The number of hydrogen-bond donors (Lipinski definition) is 1. The molecule has 1 atom stereocenters. The molecule has 2 aliphatic rings. The summed E-state index contributed by atoms with van der Waals surface area (Å²) in [4.78, 5) is 13.5. The second-order valence-corrected chi connectivity index (χ2v) is 6.68. The van der Waals surface area contributed by atoms with Crippen molar-refractivity contribution in [1.29, 1.82) is 0 Å². The molecule has 1 unspecified atom stereocenters. The molecule has 2 fully saturated rings. The van der Waals surface area contributed by atoms with E-state index in [4.69, 9.17) is 4.74 Å². The predicted octanol–water partition coefficient (Wildman–Crippen LogP) is 2.11. The number of aliphatic hydroxyl groups excluding tert-OH is 1. The Bertz CT molecular complexity index is 334. The SMILES string of the molecule is CC(C)(C)OC(=O)N1CC2(CC(O)C2)CC1CF. The Hall–Kier alpha value is -0.840. The molecular formula is C13H22FNO3. The first-order valence-corrected chi connectivity index (χ1v) is 6.48. The molecule has 18 heavy (non-hydrogen) atoms. The number of ether oxygens (including phenoxy) is 1. The van der Waals surface area contributed by atoms with E-state index in [1.54, 1.807) is 20.8 Å². The smallest absolute Gasteiger partial charge is 0.410 e. The predicted molar refractivity (Wildman–Crippen MR) is 65.0 cm³/mol. The number of carbonyl (C=O) groups is 1. The average molecular weight is 259 g/mol. The fraction of sp³-hybridized carbons (Fsp3) is 0.923. The molecule has 0 radical (unpaired) electrons. The van der Waals surface area contributed by atoms with Crippen molar-refractivity contribution < 1.29 is 19.0 Å². The number of likely N-dealkylation sites (tertiary alicyclic amines) is 1. The highest BCUT2D eigenvalue weighted by Crippen LogP contribution is 2.50. The van der Waals surface area contributed by atoms with Crippen molar-refractivity contribution in [1.82, 2.24) is 4.90 Å². The first kappa shape index (κ1) is 13.6. The van der Waals surface area contributed by atoms with Gasteiger partial charge in [0.05, 0.1) is 12.1 Å². The van der Waals surface area contributed by atoms with E-state index in [9.17, 15) is 14.3 Å². The van der Waals surface area contributed by atoms with Gasteiger partial charge in [-0.3, -0.25) is 0 Å². The minimum absolute atomic E-state index is 0.0763. The molecule has 1 aliphatic heterocycles. The highest BCUT2D eigenvalue weighted by Gasteiger charge is 2.53. The zero-order valence-corrected chi connectivity index (χ0v) is 11.3. The van der Waals surface area contributed by atoms with Gasteiger partial charge in [0.2, 0.25) is 0 Å². The summed E-state index contributed by atoms with van der Waals surface area (Å²) in [5, 5.41) is 9.42. The molecule has 1 aliphatic carbocycles. The number of aliphatic hydroxyl groups is 1. The summed E-state index contributed by atoms with van der Waals surface area (Å²) in [7, 11) is 0. The quantitative estimate of drug-likeness (QED) is 0.784. The Morgan fingerprint density at radius 1 is 1.44 bits per heavy atom. The van der Waals surface area contributed by atoms with Crippen LogP contribution in [-0.2, 0) is 4.74 Å². The van der Waals surface area contributed by atoms with Gasteiger partial charge in [-0.05, 0) is 45.4 Å². The van der Waals surface area contributed by atoms with Crippen LogP contribution in [0, 0.1) is 5.41 Å². The van der Waals surface area contributed by atoms with Crippen LogP contribution in [0.2, 0.25) is 0 Å². The Kier molecular flexibility index (Phi) is 3.30. The van der Waals surface area contributed by atoms with Crippen molar-refractivity contribution >= 4 is 6.09 Å². The maximum absolute atomic E-state index is 13.0. The Morgan fingerprint density at radius 3 is 2.50 bits per heavy atom. The third kappa shape index (κ3) is 2.60. The summed E-state index contributed by atoms with van der Waals surface area (Å²) in [5.41, 5.74) is -0.639. The lowest BCUT2D eigenvalue weighted by atomic mass is 9.66. The Labute approximate surface area is 107 Å². The van der Waals surface area contributed by atoms with Crippen LogP contribution in [0.5, 0.6) is 0 Å². The van der Waals surface area contributed by atoms with Gasteiger partial charge in [-0.25, -0.2) is 9.18 Å². The molecule has 0 aromatic heterocycles. The van der Waals surface area contributed by atoms with Crippen molar-refractivity contribution in [3.05, 3.63) is 0 Å². The van der Waals surface area contributed by atoms with Crippen LogP contribution >= 0.6 is 0 Å². The zero-order chi connectivity index (χ0) is 13.6. The molecule has 104 valence electrons. The molecule has 1 saturated heterocycles. The number of carbonyl (C=O) groups excluding carboxylic acids is 1. The molecule has 0 bridgehead atoms. The first-order valence-electron chi connectivity index (χ1n) is 6.48. The molecule has 1 saturated carbocycles. The molecule has 2 rings (SSSR count). The van der Waals surface area contributed by atoms with Crippen LogP contribution in [0.25, 0.3) is 0 Å². The molecule has 5 heteroatoms. The monoisotopic (exact) mass is 259 g/mol. The number of alkyl halides is 1. The summed E-state index contributed by atoms with van der Waals surface area (Å²) < 4.78 is 18.3. The molecule has 0 aromatic rings.